The van der Waals surface area contributed by atoms with Gasteiger partial charge in [-0.2, -0.15) is 0 Å². The Morgan fingerprint density at radius 2 is 1.27 bits per heavy atom. The highest BCUT2D eigenvalue weighted by Gasteiger charge is 2.47. The molecule has 4 nitrogen and oxygen atoms in total. The summed E-state index contributed by atoms with van der Waals surface area (Å²) in [6.45, 7) is 25.0. The van der Waals surface area contributed by atoms with Gasteiger partial charge in [0.05, 0.1) is 30.7 Å². The van der Waals surface area contributed by atoms with Crippen LogP contribution >= 0.6 is 0 Å². The maximum Gasteiger partial charge on any atom is 0.192 e. The minimum Gasteiger partial charge on any atom is -0.512 e. The quantitative estimate of drug-likeness (QED) is 0.309. The van der Waals surface area contributed by atoms with Crippen molar-refractivity contribution in [2.45, 2.75) is 122 Å². The first-order chi connectivity index (χ1) is 14.9. The van der Waals surface area contributed by atoms with Crippen LogP contribution in [-0.4, -0.2) is 40.1 Å². The van der Waals surface area contributed by atoms with Crippen LogP contribution in [0, 0.1) is 0 Å². The average molecular weight is 493 g/mol. The number of aliphatic hydroxyl groups is 1. The van der Waals surface area contributed by atoms with Gasteiger partial charge in [0.1, 0.15) is 0 Å². The monoisotopic (exact) mass is 492 g/mol. The molecule has 0 radical (unpaired) electrons. The second-order valence-electron chi connectivity index (χ2n) is 12.7. The van der Waals surface area contributed by atoms with Crippen LogP contribution < -0.4 is 0 Å². The zero-order valence-electron chi connectivity index (χ0n) is 22.9. The Labute approximate surface area is 205 Å². The largest absolute Gasteiger partial charge is 0.512 e. The van der Waals surface area contributed by atoms with Crippen molar-refractivity contribution in [3.8, 4) is 0 Å². The van der Waals surface area contributed by atoms with Crippen molar-refractivity contribution in [1.82, 2.24) is 0 Å². The molecule has 1 saturated carbocycles. The highest BCUT2D eigenvalue weighted by molar-refractivity contribution is 6.74. The van der Waals surface area contributed by atoms with Gasteiger partial charge in [-0.25, -0.2) is 0 Å². The molecule has 1 aromatic carbocycles. The lowest BCUT2D eigenvalue weighted by Gasteiger charge is -2.47. The van der Waals surface area contributed by atoms with Gasteiger partial charge >= 0.3 is 0 Å². The predicted octanol–water partition coefficient (Wildman–Crippen LogP) is 7.98. The van der Waals surface area contributed by atoms with Crippen molar-refractivity contribution >= 4 is 16.6 Å². The summed E-state index contributed by atoms with van der Waals surface area (Å²) < 4.78 is 20.2. The second kappa shape index (κ2) is 10.4. The fraction of sp³-hybridized carbons (Fsp3) is 0.704. The molecule has 1 aliphatic rings. The molecule has 0 aromatic heterocycles. The van der Waals surface area contributed by atoms with E-state index in [9.17, 15) is 5.11 Å². The van der Waals surface area contributed by atoms with E-state index in [0.29, 0.717) is 12.4 Å². The van der Waals surface area contributed by atoms with Crippen LogP contribution in [0.2, 0.25) is 36.3 Å². The fourth-order valence-corrected chi connectivity index (χ4v) is 6.29. The van der Waals surface area contributed by atoms with Gasteiger partial charge in [-0.15, -0.1) is 0 Å². The molecular formula is C27H48O4Si2. The number of benzene rings is 1. The first-order valence-electron chi connectivity index (χ1n) is 12.4. The van der Waals surface area contributed by atoms with Gasteiger partial charge in [-0.3, -0.25) is 0 Å². The summed E-state index contributed by atoms with van der Waals surface area (Å²) in [6, 6.07) is 10.3. The Morgan fingerprint density at radius 1 is 0.848 bits per heavy atom. The van der Waals surface area contributed by atoms with Crippen molar-refractivity contribution in [3.05, 3.63) is 47.2 Å². The van der Waals surface area contributed by atoms with E-state index >= 15 is 0 Å². The summed E-state index contributed by atoms with van der Waals surface area (Å²) >= 11 is 0. The predicted molar refractivity (Wildman–Crippen MR) is 144 cm³/mol. The Balaban J connectivity index is 2.37. The molecular weight excluding hydrogens is 444 g/mol. The SMILES string of the molecule is CC(O)=C1C(O[Si](C)(C)C(C)(C)C)CC(OCc2ccccc2)CC1O[Si](C)(C)C(C)(C)C. The molecule has 1 fully saturated rings. The molecule has 2 rings (SSSR count). The van der Waals surface area contributed by atoms with Crippen molar-refractivity contribution < 1.29 is 18.7 Å². The molecule has 0 amide bonds. The lowest BCUT2D eigenvalue weighted by molar-refractivity contribution is -0.0343. The Kier molecular flexibility index (Phi) is 8.89. The summed E-state index contributed by atoms with van der Waals surface area (Å²) in [5.74, 6) is 0.337. The summed E-state index contributed by atoms with van der Waals surface area (Å²) in [7, 11) is -4.13. The lowest BCUT2D eigenvalue weighted by atomic mass is 9.86. The number of aliphatic hydroxyl groups excluding tert-OH is 1. The molecule has 0 aliphatic heterocycles. The molecule has 188 valence electrons. The number of hydrogen-bond donors (Lipinski definition) is 1. The minimum atomic E-state index is -2.07. The van der Waals surface area contributed by atoms with Gasteiger partial charge in [-0.1, -0.05) is 71.9 Å². The Hall–Kier alpha value is -0.926. The van der Waals surface area contributed by atoms with Crippen LogP contribution in [0.3, 0.4) is 0 Å². The highest BCUT2D eigenvalue weighted by Crippen LogP contribution is 2.44. The van der Waals surface area contributed by atoms with Crippen molar-refractivity contribution in [2.24, 2.45) is 0 Å². The van der Waals surface area contributed by atoms with E-state index in [1.807, 2.05) is 18.2 Å². The number of rotatable bonds is 7. The molecule has 0 bridgehead atoms. The molecule has 0 spiro atoms. The average Bonchev–Trinajstić information content (AvgIpc) is 2.64. The lowest BCUT2D eigenvalue weighted by Crippen LogP contribution is -2.52. The number of hydrogen-bond acceptors (Lipinski definition) is 4. The van der Waals surface area contributed by atoms with Gasteiger partial charge in [0.25, 0.3) is 0 Å². The minimum absolute atomic E-state index is 0.0119. The van der Waals surface area contributed by atoms with E-state index in [1.54, 1.807) is 6.92 Å². The molecule has 0 heterocycles. The molecule has 1 aliphatic carbocycles. The van der Waals surface area contributed by atoms with E-state index in [4.69, 9.17) is 13.6 Å². The Morgan fingerprint density at radius 3 is 1.64 bits per heavy atom. The summed E-state index contributed by atoms with van der Waals surface area (Å²) in [5.41, 5.74) is 2.09. The first-order valence-corrected chi connectivity index (χ1v) is 18.2. The molecule has 0 saturated heterocycles. The third kappa shape index (κ3) is 7.28. The van der Waals surface area contributed by atoms with E-state index in [-0.39, 0.29) is 28.4 Å². The maximum atomic E-state index is 10.8. The maximum absolute atomic E-state index is 10.8. The van der Waals surface area contributed by atoms with Crippen LogP contribution in [0.5, 0.6) is 0 Å². The van der Waals surface area contributed by atoms with E-state index < -0.39 is 16.6 Å². The van der Waals surface area contributed by atoms with E-state index in [0.717, 1.165) is 18.4 Å². The van der Waals surface area contributed by atoms with Crippen LogP contribution in [0.15, 0.2) is 41.7 Å². The van der Waals surface area contributed by atoms with Gasteiger partial charge in [0.2, 0.25) is 0 Å². The fourth-order valence-electron chi connectivity index (χ4n) is 3.71. The smallest absolute Gasteiger partial charge is 0.192 e. The number of ether oxygens (including phenoxy) is 1. The molecule has 2 atom stereocenters. The summed E-state index contributed by atoms with van der Waals surface area (Å²) in [4.78, 5) is 0. The summed E-state index contributed by atoms with van der Waals surface area (Å²) in [6.07, 6.45) is 1.10. The highest BCUT2D eigenvalue weighted by atomic mass is 28.4. The van der Waals surface area contributed by atoms with Crippen LogP contribution in [0.1, 0.15) is 66.9 Å². The molecule has 2 unspecified atom stereocenters. The molecule has 1 aromatic rings. The van der Waals surface area contributed by atoms with Crippen molar-refractivity contribution in [2.75, 3.05) is 0 Å². The van der Waals surface area contributed by atoms with E-state index in [2.05, 4.69) is 79.9 Å². The van der Waals surface area contributed by atoms with Gasteiger partial charge in [-0.05, 0) is 48.8 Å². The third-order valence-corrected chi connectivity index (χ3v) is 16.9. The Bertz CT molecular complexity index is 760. The number of allylic oxidation sites excluding steroid dienone is 1. The zero-order valence-corrected chi connectivity index (χ0v) is 24.9. The third-order valence-electron chi connectivity index (χ3n) is 7.88. The molecule has 33 heavy (non-hydrogen) atoms. The topological polar surface area (TPSA) is 47.9 Å². The standard InChI is InChI=1S/C27H48O4Si2/c1-20(28)25-23(30-32(8,9)26(2,3)4)17-22(29-19-21-15-13-12-14-16-21)18-24(25)31-33(10,11)27(5,6)7/h12-16,22-24,28H,17-19H2,1-11H3. The first kappa shape index (κ1) is 28.3. The zero-order chi connectivity index (χ0) is 25.2. The van der Waals surface area contributed by atoms with E-state index in [1.165, 1.54) is 5.56 Å². The molecule has 1 N–H and O–H groups in total. The van der Waals surface area contributed by atoms with Crippen LogP contribution in [0.4, 0.5) is 0 Å². The van der Waals surface area contributed by atoms with Gasteiger partial charge in [0.15, 0.2) is 16.6 Å². The van der Waals surface area contributed by atoms with Gasteiger partial charge in [0, 0.05) is 18.4 Å². The second-order valence-corrected chi connectivity index (χ2v) is 22.2. The van der Waals surface area contributed by atoms with Crippen molar-refractivity contribution in [3.63, 3.8) is 0 Å². The van der Waals surface area contributed by atoms with Gasteiger partial charge < -0.3 is 18.7 Å². The van der Waals surface area contributed by atoms with Crippen LogP contribution in [0.25, 0.3) is 0 Å². The van der Waals surface area contributed by atoms with Crippen LogP contribution in [-0.2, 0) is 20.2 Å². The molecule has 6 heteroatoms. The summed E-state index contributed by atoms with van der Waals surface area (Å²) in [5, 5.41) is 11.0. The van der Waals surface area contributed by atoms with Crippen molar-refractivity contribution in [1.29, 1.82) is 0 Å². The normalized spacial score (nSPS) is 23.0.